The van der Waals surface area contributed by atoms with Crippen LogP contribution in [0.25, 0.3) is 0 Å². The fourth-order valence-electron chi connectivity index (χ4n) is 2.87. The van der Waals surface area contributed by atoms with E-state index >= 15 is 0 Å². The summed E-state index contributed by atoms with van der Waals surface area (Å²) in [7, 11) is -1.62. The van der Waals surface area contributed by atoms with E-state index in [0.29, 0.717) is 17.4 Å². The zero-order chi connectivity index (χ0) is 19.7. The number of hydrogen-bond donors (Lipinski definition) is 3. The van der Waals surface area contributed by atoms with Crippen molar-refractivity contribution in [2.75, 3.05) is 13.6 Å². The first kappa shape index (κ1) is 21.7. The molecule has 0 spiro atoms. The average molecular weight is 395 g/mol. The zero-order valence-electron chi connectivity index (χ0n) is 16.8. The SMILES string of the molecule is CCCCC(CC)CNC(=NC)NCc1ccc(S(=O)(=O)NC2CC2)cc1. The van der Waals surface area contributed by atoms with Crippen molar-refractivity contribution in [3.63, 3.8) is 0 Å². The van der Waals surface area contributed by atoms with Crippen LogP contribution in [0.2, 0.25) is 0 Å². The molecule has 0 amide bonds. The Kier molecular flexibility index (Phi) is 8.57. The molecule has 1 aromatic rings. The van der Waals surface area contributed by atoms with Crippen molar-refractivity contribution >= 4 is 16.0 Å². The summed E-state index contributed by atoms with van der Waals surface area (Å²) in [5, 5.41) is 6.69. The van der Waals surface area contributed by atoms with E-state index < -0.39 is 10.0 Å². The predicted octanol–water partition coefficient (Wildman–Crippen LogP) is 3.01. The Morgan fingerprint density at radius 3 is 2.44 bits per heavy atom. The zero-order valence-corrected chi connectivity index (χ0v) is 17.6. The van der Waals surface area contributed by atoms with Gasteiger partial charge >= 0.3 is 0 Å². The molecule has 1 fully saturated rings. The fraction of sp³-hybridized carbons (Fsp3) is 0.650. The van der Waals surface area contributed by atoms with E-state index in [2.05, 4.69) is 34.2 Å². The van der Waals surface area contributed by atoms with Crippen molar-refractivity contribution in [1.82, 2.24) is 15.4 Å². The highest BCUT2D eigenvalue weighted by Gasteiger charge is 2.27. The minimum atomic E-state index is -3.39. The molecule has 1 unspecified atom stereocenters. The molecule has 0 radical (unpaired) electrons. The molecule has 2 rings (SSSR count). The standard InChI is InChI=1S/C20H34N4O2S/c1-4-6-7-16(5-2)14-22-20(21-3)23-15-17-8-12-19(13-9-17)27(25,26)24-18-10-11-18/h8-9,12-13,16,18,24H,4-7,10-11,14-15H2,1-3H3,(H2,21,22,23). The molecule has 27 heavy (non-hydrogen) atoms. The molecule has 1 saturated carbocycles. The second-order valence-electron chi connectivity index (χ2n) is 7.26. The second-order valence-corrected chi connectivity index (χ2v) is 8.98. The summed E-state index contributed by atoms with van der Waals surface area (Å²) in [6, 6.07) is 7.14. The number of rotatable bonds is 11. The molecule has 3 N–H and O–H groups in total. The number of nitrogens with one attached hydrogen (secondary N) is 3. The summed E-state index contributed by atoms with van der Waals surface area (Å²) in [6.45, 7) is 5.97. The molecule has 7 heteroatoms. The van der Waals surface area contributed by atoms with Crippen LogP contribution in [0.1, 0.15) is 57.9 Å². The summed E-state index contributed by atoms with van der Waals surface area (Å²) in [6.07, 6.45) is 6.76. The van der Waals surface area contributed by atoms with E-state index in [0.717, 1.165) is 37.3 Å². The van der Waals surface area contributed by atoms with Crippen molar-refractivity contribution in [2.45, 2.75) is 69.9 Å². The molecule has 0 heterocycles. The van der Waals surface area contributed by atoms with Crippen LogP contribution in [0.4, 0.5) is 0 Å². The van der Waals surface area contributed by atoms with Gasteiger partial charge in [0.15, 0.2) is 5.96 Å². The second kappa shape index (κ2) is 10.7. The molecule has 1 aliphatic carbocycles. The Hall–Kier alpha value is -1.60. The van der Waals surface area contributed by atoms with E-state index in [-0.39, 0.29) is 6.04 Å². The van der Waals surface area contributed by atoms with Crippen molar-refractivity contribution < 1.29 is 8.42 Å². The Morgan fingerprint density at radius 1 is 1.19 bits per heavy atom. The van der Waals surface area contributed by atoms with Crippen molar-refractivity contribution in [2.24, 2.45) is 10.9 Å². The van der Waals surface area contributed by atoms with E-state index in [9.17, 15) is 8.42 Å². The van der Waals surface area contributed by atoms with Crippen LogP contribution in [-0.2, 0) is 16.6 Å². The smallest absolute Gasteiger partial charge is 0.240 e. The molecule has 1 atom stereocenters. The lowest BCUT2D eigenvalue weighted by molar-refractivity contribution is 0.443. The van der Waals surface area contributed by atoms with Gasteiger partial charge in [0.2, 0.25) is 10.0 Å². The van der Waals surface area contributed by atoms with Gasteiger partial charge in [0.05, 0.1) is 4.90 Å². The molecular weight excluding hydrogens is 360 g/mol. The third-order valence-electron chi connectivity index (χ3n) is 4.92. The topological polar surface area (TPSA) is 82.6 Å². The average Bonchev–Trinajstić information content (AvgIpc) is 3.47. The highest BCUT2D eigenvalue weighted by molar-refractivity contribution is 7.89. The molecular formula is C20H34N4O2S. The lowest BCUT2D eigenvalue weighted by atomic mass is 9.99. The van der Waals surface area contributed by atoms with Crippen molar-refractivity contribution in [3.05, 3.63) is 29.8 Å². The van der Waals surface area contributed by atoms with Gasteiger partial charge in [-0.2, -0.15) is 0 Å². The number of aliphatic imine (C=N–C) groups is 1. The lowest BCUT2D eigenvalue weighted by Gasteiger charge is -2.18. The van der Waals surface area contributed by atoms with Crippen LogP contribution in [0.5, 0.6) is 0 Å². The number of hydrogen-bond acceptors (Lipinski definition) is 3. The first-order valence-corrected chi connectivity index (χ1v) is 11.5. The molecule has 0 saturated heterocycles. The van der Waals surface area contributed by atoms with Crippen LogP contribution in [0.3, 0.4) is 0 Å². The first-order valence-electron chi connectivity index (χ1n) is 10.0. The lowest BCUT2D eigenvalue weighted by Crippen LogP contribution is -2.39. The summed E-state index contributed by atoms with van der Waals surface area (Å²) < 4.78 is 27.1. The maximum Gasteiger partial charge on any atom is 0.240 e. The number of guanidine groups is 1. The van der Waals surface area contributed by atoms with Gasteiger partial charge in [-0.25, -0.2) is 13.1 Å². The van der Waals surface area contributed by atoms with Gasteiger partial charge in [0.1, 0.15) is 0 Å². The summed E-state index contributed by atoms with van der Waals surface area (Å²) in [4.78, 5) is 4.60. The molecule has 1 aromatic carbocycles. The molecule has 152 valence electrons. The summed E-state index contributed by atoms with van der Waals surface area (Å²) in [5.41, 5.74) is 1.02. The quantitative estimate of drug-likeness (QED) is 0.398. The minimum absolute atomic E-state index is 0.120. The maximum absolute atomic E-state index is 12.2. The van der Waals surface area contributed by atoms with Gasteiger partial charge in [0, 0.05) is 26.2 Å². The molecule has 0 bridgehead atoms. The maximum atomic E-state index is 12.2. The van der Waals surface area contributed by atoms with Gasteiger partial charge < -0.3 is 10.6 Å². The minimum Gasteiger partial charge on any atom is -0.356 e. The van der Waals surface area contributed by atoms with Crippen LogP contribution in [0.15, 0.2) is 34.2 Å². The number of nitrogens with zero attached hydrogens (tertiary/aromatic N) is 1. The Morgan fingerprint density at radius 2 is 1.89 bits per heavy atom. The number of unbranched alkanes of at least 4 members (excludes halogenated alkanes) is 1. The van der Waals surface area contributed by atoms with Crippen molar-refractivity contribution in [3.8, 4) is 0 Å². The normalized spacial score (nSPS) is 16.2. The first-order chi connectivity index (χ1) is 13.0. The van der Waals surface area contributed by atoms with E-state index in [1.807, 2.05) is 12.1 Å². The van der Waals surface area contributed by atoms with E-state index in [4.69, 9.17) is 0 Å². The Bertz CT molecular complexity index is 697. The number of sulfonamides is 1. The van der Waals surface area contributed by atoms with Crippen LogP contribution in [-0.4, -0.2) is 34.0 Å². The predicted molar refractivity (Wildman–Crippen MR) is 111 cm³/mol. The van der Waals surface area contributed by atoms with Crippen molar-refractivity contribution in [1.29, 1.82) is 0 Å². The molecule has 0 aliphatic heterocycles. The molecule has 6 nitrogen and oxygen atoms in total. The van der Waals surface area contributed by atoms with E-state index in [1.54, 1.807) is 19.2 Å². The Balaban J connectivity index is 1.81. The van der Waals surface area contributed by atoms with Crippen LogP contribution >= 0.6 is 0 Å². The highest BCUT2D eigenvalue weighted by Crippen LogP contribution is 2.22. The highest BCUT2D eigenvalue weighted by atomic mass is 32.2. The largest absolute Gasteiger partial charge is 0.356 e. The van der Waals surface area contributed by atoms with Gasteiger partial charge in [-0.3, -0.25) is 4.99 Å². The van der Waals surface area contributed by atoms with Crippen LogP contribution in [0, 0.1) is 5.92 Å². The Labute approximate surface area is 164 Å². The monoisotopic (exact) mass is 394 g/mol. The van der Waals surface area contributed by atoms with Gasteiger partial charge in [-0.1, -0.05) is 45.2 Å². The molecule has 1 aliphatic rings. The van der Waals surface area contributed by atoms with E-state index in [1.165, 1.54) is 19.3 Å². The molecule has 0 aromatic heterocycles. The third-order valence-corrected chi connectivity index (χ3v) is 6.45. The summed E-state index contributed by atoms with van der Waals surface area (Å²) in [5.74, 6) is 1.43. The van der Waals surface area contributed by atoms with Gasteiger partial charge in [-0.15, -0.1) is 0 Å². The van der Waals surface area contributed by atoms with Crippen LogP contribution < -0.4 is 15.4 Å². The van der Waals surface area contributed by atoms with Gasteiger partial charge in [-0.05, 0) is 42.9 Å². The fourth-order valence-corrected chi connectivity index (χ4v) is 4.17. The summed E-state index contributed by atoms with van der Waals surface area (Å²) >= 11 is 0. The third kappa shape index (κ3) is 7.50. The number of benzene rings is 1. The van der Waals surface area contributed by atoms with Gasteiger partial charge in [0.25, 0.3) is 0 Å².